The number of hydrogen-bond donors (Lipinski definition) is 3. The molecular weight excluding hydrogens is 336 g/mol. The van der Waals surface area contributed by atoms with Crippen molar-refractivity contribution in [1.29, 1.82) is 0 Å². The van der Waals surface area contributed by atoms with Gasteiger partial charge in [0, 0.05) is 29.8 Å². The maximum Gasteiger partial charge on any atom is 0.325 e. The molecule has 2 rings (SSSR count). The van der Waals surface area contributed by atoms with Crippen LogP contribution in [0.2, 0.25) is 0 Å². The van der Waals surface area contributed by atoms with Gasteiger partial charge in [0.15, 0.2) is 5.82 Å². The number of anilines is 1. The number of benzene rings is 1. The third-order valence-electron chi connectivity index (χ3n) is 3.53. The van der Waals surface area contributed by atoms with Crippen LogP contribution in [0.3, 0.4) is 0 Å². The third kappa shape index (κ3) is 5.44. The number of carboxylic acid groups (broad SMARTS) is 1. The molecule has 3 N–H and O–H groups in total. The van der Waals surface area contributed by atoms with Gasteiger partial charge in [-0.25, -0.2) is 0 Å². The summed E-state index contributed by atoms with van der Waals surface area (Å²) in [5.74, 6) is -1.13. The summed E-state index contributed by atoms with van der Waals surface area (Å²) < 4.78 is 1.22. The zero-order chi connectivity index (χ0) is 19.3. The Morgan fingerprint density at radius 3 is 2.35 bits per heavy atom. The van der Waals surface area contributed by atoms with E-state index in [1.807, 2.05) is 20.8 Å². The van der Waals surface area contributed by atoms with Crippen LogP contribution in [-0.2, 0) is 22.7 Å². The Hall–Kier alpha value is -3.16. The second-order valence-electron chi connectivity index (χ2n) is 6.88. The summed E-state index contributed by atoms with van der Waals surface area (Å²) in [5.41, 5.74) is 0.859. The molecule has 0 saturated heterocycles. The fourth-order valence-corrected chi connectivity index (χ4v) is 2.06. The van der Waals surface area contributed by atoms with Gasteiger partial charge in [-0.15, -0.1) is 0 Å². The van der Waals surface area contributed by atoms with Crippen LogP contribution in [0.4, 0.5) is 5.82 Å². The zero-order valence-corrected chi connectivity index (χ0v) is 14.9. The van der Waals surface area contributed by atoms with Gasteiger partial charge < -0.3 is 15.7 Å². The highest BCUT2D eigenvalue weighted by atomic mass is 16.4. The maximum absolute atomic E-state index is 12.2. The Morgan fingerprint density at radius 2 is 1.77 bits per heavy atom. The predicted molar refractivity (Wildman–Crippen MR) is 95.6 cm³/mol. The number of carbonyl (C=O) groups is 3. The average Bonchev–Trinajstić information content (AvgIpc) is 2.98. The Morgan fingerprint density at radius 1 is 1.12 bits per heavy atom. The lowest BCUT2D eigenvalue weighted by molar-refractivity contribution is -0.137. The molecule has 0 aliphatic rings. The molecular formula is C18H22N4O4. The van der Waals surface area contributed by atoms with Crippen LogP contribution in [0, 0.1) is 5.41 Å². The number of rotatable bonds is 6. The van der Waals surface area contributed by atoms with Crippen molar-refractivity contribution in [3.8, 4) is 0 Å². The normalized spacial score (nSPS) is 11.0. The van der Waals surface area contributed by atoms with Crippen molar-refractivity contribution >= 4 is 23.6 Å². The molecule has 1 aromatic heterocycles. The first-order chi connectivity index (χ1) is 12.1. The first-order valence-electron chi connectivity index (χ1n) is 8.09. The Bertz CT molecular complexity index is 803. The molecule has 1 aromatic carbocycles. The minimum absolute atomic E-state index is 0.0451. The van der Waals surface area contributed by atoms with Gasteiger partial charge in [0.1, 0.15) is 6.54 Å². The van der Waals surface area contributed by atoms with Crippen LogP contribution in [0.15, 0.2) is 36.5 Å². The highest BCUT2D eigenvalue weighted by molar-refractivity contribution is 6.03. The van der Waals surface area contributed by atoms with Gasteiger partial charge >= 0.3 is 5.97 Å². The van der Waals surface area contributed by atoms with Crippen molar-refractivity contribution in [2.45, 2.75) is 33.9 Å². The van der Waals surface area contributed by atoms with E-state index in [1.54, 1.807) is 24.3 Å². The molecule has 0 atom stereocenters. The lowest BCUT2D eigenvalue weighted by atomic mass is 9.95. The van der Waals surface area contributed by atoms with Gasteiger partial charge in [-0.05, 0) is 17.7 Å². The average molecular weight is 358 g/mol. The summed E-state index contributed by atoms with van der Waals surface area (Å²) in [6.07, 6.45) is 1.48. The van der Waals surface area contributed by atoms with Gasteiger partial charge in [-0.1, -0.05) is 32.9 Å². The summed E-state index contributed by atoms with van der Waals surface area (Å²) in [5, 5.41) is 18.1. The lowest BCUT2D eigenvalue weighted by Gasteiger charge is -2.17. The van der Waals surface area contributed by atoms with E-state index in [-0.39, 0.29) is 24.2 Å². The molecule has 0 aliphatic carbocycles. The highest BCUT2D eigenvalue weighted by Crippen LogP contribution is 2.13. The second-order valence-corrected chi connectivity index (χ2v) is 6.88. The molecule has 0 fully saturated rings. The first-order valence-corrected chi connectivity index (χ1v) is 8.09. The van der Waals surface area contributed by atoms with E-state index >= 15 is 0 Å². The topological polar surface area (TPSA) is 113 Å². The summed E-state index contributed by atoms with van der Waals surface area (Å²) in [6.45, 7) is 5.64. The van der Waals surface area contributed by atoms with Crippen molar-refractivity contribution in [3.63, 3.8) is 0 Å². The minimum Gasteiger partial charge on any atom is -0.480 e. The number of nitrogens with one attached hydrogen (secondary N) is 2. The van der Waals surface area contributed by atoms with E-state index in [1.165, 1.54) is 16.9 Å². The molecule has 2 aromatic rings. The fraction of sp³-hybridized carbons (Fsp3) is 0.333. The van der Waals surface area contributed by atoms with Gasteiger partial charge in [-0.2, -0.15) is 5.10 Å². The first kappa shape index (κ1) is 19.2. The molecule has 138 valence electrons. The number of carbonyl (C=O) groups excluding carboxylic acids is 2. The molecule has 8 nitrogen and oxygen atoms in total. The molecule has 0 spiro atoms. The van der Waals surface area contributed by atoms with Gasteiger partial charge in [0.25, 0.3) is 5.91 Å². The number of nitrogens with zero attached hydrogens (tertiary/aromatic N) is 2. The van der Waals surface area contributed by atoms with Gasteiger partial charge in [0.05, 0.1) is 0 Å². The van der Waals surface area contributed by atoms with E-state index in [9.17, 15) is 14.4 Å². The summed E-state index contributed by atoms with van der Waals surface area (Å²) in [7, 11) is 0. The zero-order valence-electron chi connectivity index (χ0n) is 14.9. The second kappa shape index (κ2) is 7.81. The number of aliphatic carboxylic acids is 1. The third-order valence-corrected chi connectivity index (χ3v) is 3.53. The SMILES string of the molecule is CC(C)(C)C(=O)NCc1ccc(C(=O)Nc2ccn(CC(=O)O)n2)cc1. The smallest absolute Gasteiger partial charge is 0.325 e. The van der Waals surface area contributed by atoms with Gasteiger partial charge in [0.2, 0.25) is 5.91 Å². The standard InChI is InChI=1S/C18H22N4O4/c1-18(2,3)17(26)19-10-12-4-6-13(7-5-12)16(25)20-14-8-9-22(21-14)11-15(23)24/h4-9H,10-11H2,1-3H3,(H,19,26)(H,23,24)(H,20,21,25). The van der Waals surface area contributed by atoms with E-state index in [4.69, 9.17) is 5.11 Å². The Labute approximate surface area is 151 Å². The Balaban J connectivity index is 1.93. The van der Waals surface area contributed by atoms with Crippen molar-refractivity contribution in [2.75, 3.05) is 5.32 Å². The number of carboxylic acids is 1. The van der Waals surface area contributed by atoms with Crippen LogP contribution in [0.25, 0.3) is 0 Å². The largest absolute Gasteiger partial charge is 0.480 e. The van der Waals surface area contributed by atoms with Crippen molar-refractivity contribution in [3.05, 3.63) is 47.7 Å². The molecule has 8 heteroatoms. The predicted octanol–water partition coefficient (Wildman–Crippen LogP) is 1.88. The van der Waals surface area contributed by atoms with E-state index in [0.29, 0.717) is 12.1 Å². The molecule has 0 bridgehead atoms. The van der Waals surface area contributed by atoms with Crippen LogP contribution in [-0.4, -0.2) is 32.7 Å². The van der Waals surface area contributed by atoms with Gasteiger partial charge in [-0.3, -0.25) is 19.1 Å². The molecule has 0 aliphatic heterocycles. The summed E-state index contributed by atoms with van der Waals surface area (Å²) in [6, 6.07) is 8.36. The molecule has 2 amide bonds. The molecule has 0 unspecified atom stereocenters. The minimum atomic E-state index is -1.01. The molecule has 0 radical (unpaired) electrons. The van der Waals surface area contributed by atoms with E-state index in [2.05, 4.69) is 15.7 Å². The summed E-state index contributed by atoms with van der Waals surface area (Å²) in [4.78, 5) is 34.7. The summed E-state index contributed by atoms with van der Waals surface area (Å²) >= 11 is 0. The highest BCUT2D eigenvalue weighted by Gasteiger charge is 2.20. The lowest BCUT2D eigenvalue weighted by Crippen LogP contribution is -2.34. The molecule has 1 heterocycles. The quantitative estimate of drug-likeness (QED) is 0.730. The van der Waals surface area contributed by atoms with Crippen LogP contribution >= 0.6 is 0 Å². The number of amides is 2. The van der Waals surface area contributed by atoms with Crippen LogP contribution < -0.4 is 10.6 Å². The fourth-order valence-electron chi connectivity index (χ4n) is 2.06. The van der Waals surface area contributed by atoms with E-state index in [0.717, 1.165) is 5.56 Å². The monoisotopic (exact) mass is 358 g/mol. The van der Waals surface area contributed by atoms with Crippen LogP contribution in [0.1, 0.15) is 36.7 Å². The van der Waals surface area contributed by atoms with Crippen LogP contribution in [0.5, 0.6) is 0 Å². The Kier molecular flexibility index (Phi) is 5.76. The van der Waals surface area contributed by atoms with Crippen molar-refractivity contribution in [1.82, 2.24) is 15.1 Å². The molecule has 0 saturated carbocycles. The van der Waals surface area contributed by atoms with Crippen molar-refractivity contribution in [2.24, 2.45) is 5.41 Å². The molecule has 26 heavy (non-hydrogen) atoms. The number of hydrogen-bond acceptors (Lipinski definition) is 4. The van der Waals surface area contributed by atoms with Crippen molar-refractivity contribution < 1.29 is 19.5 Å². The number of aromatic nitrogens is 2. The van der Waals surface area contributed by atoms with E-state index < -0.39 is 11.4 Å². The maximum atomic E-state index is 12.2.